The Morgan fingerprint density at radius 2 is 1.94 bits per heavy atom. The number of aliphatic imine (C=N–C) groups is 1. The van der Waals surface area contributed by atoms with E-state index in [1.165, 1.54) is 6.33 Å². The average Bonchev–Trinajstić information content (AvgIpc) is 3.19. The van der Waals surface area contributed by atoms with Crippen LogP contribution in [-0.2, 0) is 9.31 Å². The predicted molar refractivity (Wildman–Crippen MR) is 124 cm³/mol. The lowest BCUT2D eigenvalue weighted by Gasteiger charge is -2.33. The van der Waals surface area contributed by atoms with Crippen LogP contribution in [0.1, 0.15) is 36.7 Å². The highest BCUT2D eigenvalue weighted by Crippen LogP contribution is 2.34. The Labute approximate surface area is 190 Å². The van der Waals surface area contributed by atoms with Crippen molar-refractivity contribution in [1.29, 1.82) is 0 Å². The van der Waals surface area contributed by atoms with E-state index in [-0.39, 0.29) is 27.9 Å². The molecule has 170 valence electrons. The van der Waals surface area contributed by atoms with Crippen LogP contribution in [0.3, 0.4) is 0 Å². The molecule has 0 atom stereocenters. The Balaban J connectivity index is 1.91. The molecule has 1 saturated heterocycles. The fourth-order valence-corrected chi connectivity index (χ4v) is 3.88. The highest BCUT2D eigenvalue weighted by atomic mass is 19.1. The fraction of sp³-hybridized carbons (Fsp3) is 0.261. The van der Waals surface area contributed by atoms with Crippen molar-refractivity contribution in [2.24, 2.45) is 16.1 Å². The van der Waals surface area contributed by atoms with Crippen LogP contribution in [-0.4, -0.2) is 42.5 Å². The maximum atomic E-state index is 14.9. The summed E-state index contributed by atoms with van der Waals surface area (Å²) < 4.78 is 42.5. The molecule has 0 saturated carbocycles. The predicted octanol–water partition coefficient (Wildman–Crippen LogP) is 3.42. The zero-order chi connectivity index (χ0) is 23.9. The zero-order valence-corrected chi connectivity index (χ0v) is 18.6. The first-order valence-corrected chi connectivity index (χ1v) is 10.3. The van der Waals surface area contributed by atoms with Gasteiger partial charge in [0.1, 0.15) is 29.2 Å². The molecule has 2 N–H and O–H groups in total. The van der Waals surface area contributed by atoms with Gasteiger partial charge in [-0.25, -0.2) is 13.8 Å². The van der Waals surface area contributed by atoms with E-state index in [0.717, 1.165) is 12.1 Å². The van der Waals surface area contributed by atoms with E-state index < -0.39 is 24.7 Å². The van der Waals surface area contributed by atoms with Crippen molar-refractivity contribution in [3.63, 3.8) is 0 Å². The molecule has 0 unspecified atom stereocenters. The van der Waals surface area contributed by atoms with E-state index in [2.05, 4.69) is 16.7 Å². The molecule has 33 heavy (non-hydrogen) atoms. The highest BCUT2D eigenvalue weighted by molar-refractivity contribution is 6.62. The molecule has 0 radical (unpaired) electrons. The summed E-state index contributed by atoms with van der Waals surface area (Å²) in [4.78, 5) is 20.2. The monoisotopic (exact) mass is 452 g/mol. The van der Waals surface area contributed by atoms with Gasteiger partial charge in [-0.1, -0.05) is 19.9 Å². The molecule has 3 aromatic rings. The third-order valence-electron chi connectivity index (χ3n) is 5.49. The summed E-state index contributed by atoms with van der Waals surface area (Å²) >= 11 is 0. The largest absolute Gasteiger partial charge is 0.494 e. The van der Waals surface area contributed by atoms with Crippen molar-refractivity contribution in [1.82, 2.24) is 9.55 Å². The molecule has 0 spiro atoms. The fourth-order valence-electron chi connectivity index (χ4n) is 3.88. The first-order chi connectivity index (χ1) is 15.7. The number of benzene rings is 2. The molecular formula is C23H23BF2N4O3. The van der Waals surface area contributed by atoms with Gasteiger partial charge in [0, 0.05) is 18.6 Å². The van der Waals surface area contributed by atoms with Crippen LogP contribution in [0.25, 0.3) is 16.7 Å². The average molecular weight is 452 g/mol. The van der Waals surface area contributed by atoms with Gasteiger partial charge in [-0.2, -0.15) is 0 Å². The van der Waals surface area contributed by atoms with Crippen LogP contribution in [0.15, 0.2) is 41.7 Å². The summed E-state index contributed by atoms with van der Waals surface area (Å²) in [6.45, 7) is 10.0. The normalized spacial score (nSPS) is 16.3. The first kappa shape index (κ1) is 22.8. The number of carbonyl (C=O) groups is 1. The number of rotatable bonds is 5. The van der Waals surface area contributed by atoms with Gasteiger partial charge in [-0.05, 0) is 43.4 Å². The summed E-state index contributed by atoms with van der Waals surface area (Å²) in [5.41, 5.74) is 6.93. The number of carbonyl (C=O) groups excluding carboxylic acids is 1. The molecule has 1 amide bonds. The number of hydrogen-bond acceptors (Lipinski definition) is 5. The Bertz CT molecular complexity index is 1290. The van der Waals surface area contributed by atoms with E-state index in [0.29, 0.717) is 29.7 Å². The minimum Gasteiger partial charge on any atom is -0.407 e. The number of aromatic nitrogens is 2. The summed E-state index contributed by atoms with van der Waals surface area (Å²) in [7, 11) is -0.714. The van der Waals surface area contributed by atoms with E-state index in [9.17, 15) is 13.6 Å². The lowest BCUT2D eigenvalue weighted by atomic mass is 9.75. The number of allylic oxidation sites excluding steroid dienone is 1. The van der Waals surface area contributed by atoms with Gasteiger partial charge >= 0.3 is 7.12 Å². The number of nitrogens with two attached hydrogens (primary N) is 1. The van der Waals surface area contributed by atoms with Crippen molar-refractivity contribution in [2.75, 3.05) is 13.2 Å². The Kier molecular flexibility index (Phi) is 5.90. The second-order valence-electron chi connectivity index (χ2n) is 8.62. The molecule has 1 aromatic heterocycles. The smallest absolute Gasteiger partial charge is 0.407 e. The summed E-state index contributed by atoms with van der Waals surface area (Å²) in [5.74, 6) is -2.08. The maximum Gasteiger partial charge on any atom is 0.494 e. The quantitative estimate of drug-likeness (QED) is 0.475. The maximum absolute atomic E-state index is 14.9. The molecule has 2 heterocycles. The number of fused-ring (bicyclic) bond motifs is 1. The SMILES string of the molecule is C=Nc1c(F)ccc(F)c1/C(=C\C)n1cnc2c(C(N)=O)cc(B3OCC(C)(C)CO3)cc21. The number of nitrogens with zero attached hydrogens (tertiary/aromatic N) is 3. The molecule has 10 heteroatoms. The van der Waals surface area contributed by atoms with E-state index in [1.54, 1.807) is 29.7 Å². The van der Waals surface area contributed by atoms with Gasteiger partial charge in [0.05, 0.1) is 22.3 Å². The first-order valence-electron chi connectivity index (χ1n) is 10.3. The lowest BCUT2D eigenvalue weighted by Crippen LogP contribution is -2.47. The zero-order valence-electron chi connectivity index (χ0n) is 18.6. The Hall–Kier alpha value is -3.37. The second-order valence-corrected chi connectivity index (χ2v) is 8.62. The topological polar surface area (TPSA) is 91.7 Å². The van der Waals surface area contributed by atoms with Crippen molar-refractivity contribution in [3.05, 3.63) is 59.4 Å². The number of imidazole rings is 1. The molecule has 1 fully saturated rings. The van der Waals surface area contributed by atoms with Gasteiger partial charge in [0.2, 0.25) is 0 Å². The second kappa shape index (κ2) is 8.53. The lowest BCUT2D eigenvalue weighted by molar-refractivity contribution is 0.0343. The third kappa shape index (κ3) is 4.07. The van der Waals surface area contributed by atoms with E-state index >= 15 is 0 Å². The molecule has 4 rings (SSSR count). The van der Waals surface area contributed by atoms with Gasteiger partial charge < -0.3 is 15.0 Å². The van der Waals surface area contributed by atoms with Gasteiger partial charge in [0.15, 0.2) is 0 Å². The van der Waals surface area contributed by atoms with Gasteiger partial charge in [-0.15, -0.1) is 0 Å². The molecule has 0 aliphatic carbocycles. The molecule has 1 aliphatic heterocycles. The standard InChI is InChI=1S/C23H23BF2N4O3/c1-5-17(19-15(25)6-7-16(26)21(19)28-4)30-12-29-20-14(22(27)31)8-13(9-18(20)30)24-32-10-23(2,3)11-33-24/h5-9,12H,4,10-11H2,1-3H3,(H2,27,31)/b17-5+. The molecule has 2 aromatic carbocycles. The van der Waals surface area contributed by atoms with Crippen LogP contribution in [0.4, 0.5) is 14.5 Å². The Morgan fingerprint density at radius 1 is 1.27 bits per heavy atom. The summed E-state index contributed by atoms with van der Waals surface area (Å²) in [6.07, 6.45) is 3.01. The van der Waals surface area contributed by atoms with Crippen LogP contribution in [0.2, 0.25) is 0 Å². The van der Waals surface area contributed by atoms with Crippen LogP contribution in [0.5, 0.6) is 0 Å². The molecule has 1 aliphatic rings. The molecular weight excluding hydrogens is 429 g/mol. The number of halogens is 2. The van der Waals surface area contributed by atoms with Crippen LogP contribution >= 0.6 is 0 Å². The van der Waals surface area contributed by atoms with Gasteiger partial charge in [0.25, 0.3) is 5.91 Å². The molecule has 0 bridgehead atoms. The summed E-state index contributed by atoms with van der Waals surface area (Å²) in [5, 5.41) is 0. The Morgan fingerprint density at radius 3 is 2.55 bits per heavy atom. The van der Waals surface area contributed by atoms with Gasteiger partial charge in [-0.3, -0.25) is 14.4 Å². The van der Waals surface area contributed by atoms with E-state index in [4.69, 9.17) is 15.0 Å². The summed E-state index contributed by atoms with van der Waals surface area (Å²) in [6, 6.07) is 5.33. The van der Waals surface area contributed by atoms with Crippen molar-refractivity contribution < 1.29 is 22.9 Å². The number of amides is 1. The van der Waals surface area contributed by atoms with Crippen LogP contribution < -0.4 is 11.2 Å². The number of primary amides is 1. The minimum atomic E-state index is -0.714. The van der Waals surface area contributed by atoms with E-state index in [1.807, 2.05) is 13.8 Å². The van der Waals surface area contributed by atoms with Crippen LogP contribution in [0, 0.1) is 17.0 Å². The number of hydrogen-bond donors (Lipinski definition) is 1. The van der Waals surface area contributed by atoms with Crippen molar-refractivity contribution in [3.8, 4) is 0 Å². The third-order valence-corrected chi connectivity index (χ3v) is 5.49. The molecule has 7 nitrogen and oxygen atoms in total. The minimum absolute atomic E-state index is 0.0789. The highest BCUT2D eigenvalue weighted by Gasteiger charge is 2.34. The van der Waals surface area contributed by atoms with Crippen molar-refractivity contribution in [2.45, 2.75) is 20.8 Å². The van der Waals surface area contributed by atoms with Crippen molar-refractivity contribution >= 4 is 47.6 Å².